The fourth-order valence-electron chi connectivity index (χ4n) is 10.3. The topological polar surface area (TPSA) is 751 Å². The van der Waals surface area contributed by atoms with Gasteiger partial charge < -0.3 is 135 Å². The standard InChI is InChI=1S/C67H120N22O22/c1-32(2)31-47(88-63(107)45(22-25-49(92)93)83-56(100)37(7)77-53(97)34(4)78-58(102)40(17-10-13-27-68)85-61(105)43(81-52(96)33(3)71)20-16-30-75-67(73)74)65(109)80-35(5)54(98)76-36(6)55(99)82-42(19-12-15-29-70)60(104)87-44(21-24-48(72)91)62(106)86-41(18-11-14-28-69)59(103)79-38(8)57(101)84-46(23-26-50(94)95)64(108)89-51(39(9)90)66(110)111/h32-47,51,90H,10-31,68-71H2,1-9H3,(H2,72,91)(H,76,98)(H,77,97)(H,78,102)(H,79,103)(H,80,109)(H,81,96)(H,82,99)(H,83,100)(H,84,101)(H,85,105)(H,86,106)(H,87,104)(H,88,107)(H,89,108)(H,92,93)(H,94,95)(H,110,111)(H4,73,74,75)/t33-,34-,35-,36-,37-,38-,39+,40-,41-,42-,43-,44-,45-,46-,47-,51-/m0/s1. The summed E-state index contributed by atoms with van der Waals surface area (Å²) in [5.74, 6) is -19.3. The van der Waals surface area contributed by atoms with Gasteiger partial charge in [-0.1, -0.05) is 13.8 Å². The minimum atomic E-state index is -1.85. The smallest absolute Gasteiger partial charge is 0.328 e. The summed E-state index contributed by atoms with van der Waals surface area (Å²) in [7, 11) is 0. The predicted octanol–water partition coefficient (Wildman–Crippen LogP) is -8.83. The van der Waals surface area contributed by atoms with Crippen LogP contribution in [-0.4, -0.2) is 256 Å². The number of carbonyl (C=O) groups excluding carboxylic acids is 15. The van der Waals surface area contributed by atoms with Crippen molar-refractivity contribution in [3.8, 4) is 0 Å². The van der Waals surface area contributed by atoms with Crippen LogP contribution >= 0.6 is 0 Å². The lowest BCUT2D eigenvalue weighted by atomic mass is 10.0. The third-order valence-electron chi connectivity index (χ3n) is 16.8. The molecule has 0 saturated heterocycles. The lowest BCUT2D eigenvalue weighted by molar-refractivity contribution is -0.145. The predicted molar refractivity (Wildman–Crippen MR) is 399 cm³/mol. The number of guanidine groups is 1. The van der Waals surface area contributed by atoms with E-state index in [2.05, 4.69) is 74.1 Å². The number of hydrogen-bond donors (Lipinski definition) is 25. The number of aliphatic carboxylic acids is 3. The van der Waals surface area contributed by atoms with Gasteiger partial charge in [0.2, 0.25) is 88.6 Å². The number of nitrogens with one attached hydrogen (secondary N) is 14. The molecular formula is C67H120N22O22. The van der Waals surface area contributed by atoms with Crippen LogP contribution in [0.2, 0.25) is 0 Å². The first-order chi connectivity index (χ1) is 51.9. The molecule has 0 radical (unpaired) electrons. The van der Waals surface area contributed by atoms with E-state index in [1.807, 2.05) is 5.32 Å². The van der Waals surface area contributed by atoms with Gasteiger partial charge in [0, 0.05) is 25.8 Å². The molecule has 44 nitrogen and oxygen atoms in total. The molecule has 0 aromatic rings. The first-order valence-corrected chi connectivity index (χ1v) is 36.7. The van der Waals surface area contributed by atoms with Crippen LogP contribution in [0, 0.1) is 5.92 Å². The number of unbranched alkanes of at least 4 members (excludes halogenated alkanes) is 3. The third-order valence-corrected chi connectivity index (χ3v) is 16.8. The van der Waals surface area contributed by atoms with Crippen molar-refractivity contribution >= 4 is 112 Å². The number of primary amides is 1. The van der Waals surface area contributed by atoms with Crippen LogP contribution in [-0.2, 0) is 86.3 Å². The Hall–Kier alpha value is -10.5. The molecule has 111 heavy (non-hydrogen) atoms. The second kappa shape index (κ2) is 53.4. The van der Waals surface area contributed by atoms with E-state index in [4.69, 9.17) is 40.1 Å². The molecule has 0 rings (SSSR count). The minimum absolute atomic E-state index is 0.0334. The van der Waals surface area contributed by atoms with E-state index in [1.165, 1.54) is 41.5 Å². The van der Waals surface area contributed by atoms with Gasteiger partial charge in [-0.2, -0.15) is 0 Å². The number of nitrogens with two attached hydrogens (primary N) is 7. The van der Waals surface area contributed by atoms with Crippen molar-refractivity contribution in [3.05, 3.63) is 0 Å². The van der Waals surface area contributed by atoms with Gasteiger partial charge in [-0.05, 0) is 170 Å². The van der Waals surface area contributed by atoms with Crippen molar-refractivity contribution in [1.29, 1.82) is 0 Å². The Morgan fingerprint density at radius 1 is 0.315 bits per heavy atom. The number of aliphatic hydroxyl groups excluding tert-OH is 1. The zero-order valence-corrected chi connectivity index (χ0v) is 64.5. The number of carboxylic acid groups (broad SMARTS) is 3. The fourth-order valence-corrected chi connectivity index (χ4v) is 10.3. The molecule has 0 bridgehead atoms. The molecule has 0 aromatic heterocycles. The van der Waals surface area contributed by atoms with Crippen LogP contribution in [0.15, 0.2) is 4.99 Å². The van der Waals surface area contributed by atoms with E-state index in [0.29, 0.717) is 25.7 Å². The largest absolute Gasteiger partial charge is 0.481 e. The first-order valence-electron chi connectivity index (χ1n) is 36.7. The molecule has 44 heteroatoms. The van der Waals surface area contributed by atoms with Crippen LogP contribution in [0.5, 0.6) is 0 Å². The second-order valence-electron chi connectivity index (χ2n) is 27.3. The zero-order valence-electron chi connectivity index (χ0n) is 64.5. The maximum absolute atomic E-state index is 14.2. The molecule has 16 atom stereocenters. The quantitative estimate of drug-likeness (QED) is 0.0153. The number of aliphatic hydroxyl groups is 1. The molecule has 0 spiro atoms. The third kappa shape index (κ3) is 41.8. The van der Waals surface area contributed by atoms with Crippen LogP contribution in [0.4, 0.5) is 0 Å². The molecule has 15 amide bonds. The van der Waals surface area contributed by atoms with Crippen molar-refractivity contribution in [2.24, 2.45) is 51.0 Å². The van der Waals surface area contributed by atoms with Crippen molar-refractivity contribution in [3.63, 3.8) is 0 Å². The first kappa shape index (κ1) is 101. The molecular weight excluding hydrogens is 1460 g/mol. The number of carbonyl (C=O) groups is 18. The summed E-state index contributed by atoms with van der Waals surface area (Å²) in [5, 5.41) is 72.1. The van der Waals surface area contributed by atoms with Gasteiger partial charge in [-0.15, -0.1) is 0 Å². The zero-order chi connectivity index (χ0) is 84.9. The molecule has 0 fully saturated rings. The summed E-state index contributed by atoms with van der Waals surface area (Å²) >= 11 is 0. The summed E-state index contributed by atoms with van der Waals surface area (Å²) < 4.78 is 0. The van der Waals surface area contributed by atoms with Crippen molar-refractivity contribution in [2.75, 3.05) is 26.2 Å². The Kier molecular flexibility index (Phi) is 48.4. The average molecular weight is 1590 g/mol. The van der Waals surface area contributed by atoms with Gasteiger partial charge in [0.15, 0.2) is 12.0 Å². The molecule has 0 aliphatic rings. The monoisotopic (exact) mass is 1580 g/mol. The molecule has 0 unspecified atom stereocenters. The number of nitrogens with zero attached hydrogens (tertiary/aromatic N) is 1. The van der Waals surface area contributed by atoms with Crippen LogP contribution < -0.4 is 115 Å². The van der Waals surface area contributed by atoms with E-state index in [-0.39, 0.29) is 89.4 Å². The molecule has 630 valence electrons. The van der Waals surface area contributed by atoms with E-state index in [9.17, 15) is 107 Å². The Balaban J connectivity index is 6.53. The number of carboxylic acids is 3. The number of aliphatic imine (C=N–C) groups is 1. The lowest BCUT2D eigenvalue weighted by Crippen LogP contribution is -2.60. The summed E-state index contributed by atoms with van der Waals surface area (Å²) in [6.07, 6.45) is -3.23. The van der Waals surface area contributed by atoms with Crippen molar-refractivity contribution in [2.45, 2.75) is 275 Å². The summed E-state index contributed by atoms with van der Waals surface area (Å²) in [6, 6.07) is -22.0. The van der Waals surface area contributed by atoms with Crippen molar-refractivity contribution in [1.82, 2.24) is 74.4 Å². The lowest BCUT2D eigenvalue weighted by Gasteiger charge is -2.27. The maximum atomic E-state index is 14.2. The van der Waals surface area contributed by atoms with Gasteiger partial charge in [0.25, 0.3) is 0 Å². The molecule has 0 aromatic carbocycles. The summed E-state index contributed by atoms with van der Waals surface area (Å²) in [6.45, 7) is 12.6. The van der Waals surface area contributed by atoms with Gasteiger partial charge in [0.1, 0.15) is 78.5 Å². The molecule has 0 heterocycles. The Labute approximate surface area is 643 Å². The number of hydrogen-bond acceptors (Lipinski definition) is 24. The fraction of sp³-hybridized carbons (Fsp3) is 0.716. The second-order valence-corrected chi connectivity index (χ2v) is 27.3. The van der Waals surface area contributed by atoms with E-state index < -0.39 is 242 Å². The Morgan fingerprint density at radius 3 is 0.847 bits per heavy atom. The molecule has 0 saturated carbocycles. The highest BCUT2D eigenvalue weighted by Gasteiger charge is 2.37. The van der Waals surface area contributed by atoms with Gasteiger partial charge >= 0.3 is 17.9 Å². The minimum Gasteiger partial charge on any atom is -0.481 e. The SMILES string of the molecule is CC(C)C[C@H](NC(=O)[C@H](CCC(=O)O)NC(=O)[C@H](C)NC(=O)[C@H](C)NC(=O)[C@H](CCCCN)NC(=O)[C@H](CCCN=C(N)N)NC(=O)[C@H](C)N)C(=O)N[C@@H](C)C(=O)N[C@@H](C)C(=O)N[C@@H](CCCCN)C(=O)N[C@@H](CCC(N)=O)C(=O)N[C@@H](CCCCN)C(=O)N[C@@H](C)C(=O)N[C@@H](CCC(=O)O)C(=O)N[C@H](C(=O)O)[C@@H](C)O. The highest BCUT2D eigenvalue weighted by molar-refractivity contribution is 6.00. The van der Waals surface area contributed by atoms with Crippen LogP contribution in [0.3, 0.4) is 0 Å². The molecule has 0 aliphatic carbocycles. The van der Waals surface area contributed by atoms with E-state index >= 15 is 0 Å². The average Bonchev–Trinajstić information content (AvgIpc) is 0.871. The van der Waals surface area contributed by atoms with Gasteiger partial charge in [0.05, 0.1) is 12.1 Å². The number of rotatable bonds is 57. The van der Waals surface area contributed by atoms with Crippen LogP contribution in [0.1, 0.15) is 178 Å². The highest BCUT2D eigenvalue weighted by atomic mass is 16.4. The van der Waals surface area contributed by atoms with Crippen LogP contribution in [0.25, 0.3) is 0 Å². The van der Waals surface area contributed by atoms with Gasteiger partial charge in [-0.25, -0.2) is 4.79 Å². The van der Waals surface area contributed by atoms with E-state index in [1.54, 1.807) is 13.8 Å². The van der Waals surface area contributed by atoms with E-state index in [0.717, 1.165) is 6.92 Å². The normalized spacial score (nSPS) is 15.4. The Morgan fingerprint density at radius 2 is 0.568 bits per heavy atom. The molecule has 0 aliphatic heterocycles. The summed E-state index contributed by atoms with van der Waals surface area (Å²) in [5.41, 5.74) is 39.0. The van der Waals surface area contributed by atoms with Gasteiger partial charge in [-0.3, -0.25) is 86.5 Å². The summed E-state index contributed by atoms with van der Waals surface area (Å²) in [4.78, 5) is 242. The van der Waals surface area contributed by atoms with Crippen molar-refractivity contribution < 1.29 is 107 Å². The Bertz CT molecular complexity index is 3180. The highest BCUT2D eigenvalue weighted by Crippen LogP contribution is 2.13. The molecule has 32 N–H and O–H groups in total. The number of amides is 15. The maximum Gasteiger partial charge on any atom is 0.328 e.